The van der Waals surface area contributed by atoms with Crippen molar-refractivity contribution < 1.29 is 4.74 Å². The minimum absolute atomic E-state index is 0. The lowest BCUT2D eigenvalue weighted by atomic mass is 10.1. The van der Waals surface area contributed by atoms with Crippen molar-refractivity contribution in [1.82, 2.24) is 25.3 Å². The van der Waals surface area contributed by atoms with Crippen LogP contribution in [0.5, 0.6) is 0 Å². The molecule has 168 valence electrons. The Balaban J connectivity index is 0.00000729. The van der Waals surface area contributed by atoms with Crippen molar-refractivity contribution in [2.45, 2.75) is 27.2 Å². The highest BCUT2D eigenvalue weighted by atomic mass is 127. The van der Waals surface area contributed by atoms with E-state index in [2.05, 4.69) is 53.2 Å². The molecule has 0 aliphatic carbocycles. The number of likely N-dealkylation sites (N-methyl/N-ethyl adjacent to an activating group) is 2. The van der Waals surface area contributed by atoms with Crippen molar-refractivity contribution in [2.24, 2.45) is 10.9 Å². The Morgan fingerprint density at radius 3 is 2.39 bits per heavy atom. The Bertz CT molecular complexity index is 391. The van der Waals surface area contributed by atoms with E-state index < -0.39 is 0 Å². The second-order valence-corrected chi connectivity index (χ2v) is 7.64. The average Bonchev–Trinajstić information content (AvgIpc) is 2.67. The largest absolute Gasteiger partial charge is 0.385 e. The van der Waals surface area contributed by atoms with Gasteiger partial charge in [-0.05, 0) is 32.9 Å². The minimum Gasteiger partial charge on any atom is -0.385 e. The van der Waals surface area contributed by atoms with Crippen molar-refractivity contribution in [2.75, 3.05) is 92.8 Å². The van der Waals surface area contributed by atoms with Gasteiger partial charge < -0.3 is 30.1 Å². The van der Waals surface area contributed by atoms with Crippen LogP contribution in [0, 0.1) is 5.92 Å². The van der Waals surface area contributed by atoms with Gasteiger partial charge >= 0.3 is 0 Å². The summed E-state index contributed by atoms with van der Waals surface area (Å²) in [7, 11) is 3.91. The quantitative estimate of drug-likeness (QED) is 0.169. The monoisotopic (exact) mass is 512 g/mol. The Morgan fingerprint density at radius 1 is 1.11 bits per heavy atom. The second-order valence-electron chi connectivity index (χ2n) is 7.64. The zero-order valence-electron chi connectivity index (χ0n) is 18.9. The van der Waals surface area contributed by atoms with Gasteiger partial charge in [-0.25, -0.2) is 0 Å². The van der Waals surface area contributed by atoms with E-state index in [-0.39, 0.29) is 24.0 Å². The van der Waals surface area contributed by atoms with Gasteiger partial charge in [-0.2, -0.15) is 0 Å². The number of methoxy groups -OCH3 is 1. The zero-order chi connectivity index (χ0) is 19.9. The van der Waals surface area contributed by atoms with Crippen LogP contribution in [0.25, 0.3) is 0 Å². The summed E-state index contributed by atoms with van der Waals surface area (Å²) in [5, 5.41) is 6.82. The molecule has 0 amide bonds. The number of aliphatic imine (C=N–C) groups is 1. The van der Waals surface area contributed by atoms with Crippen LogP contribution in [-0.2, 0) is 4.74 Å². The molecule has 0 spiro atoms. The maximum atomic E-state index is 5.11. The third kappa shape index (κ3) is 13.1. The molecule has 1 saturated heterocycles. The molecule has 28 heavy (non-hydrogen) atoms. The van der Waals surface area contributed by atoms with Gasteiger partial charge in [0.25, 0.3) is 0 Å². The number of halogens is 1. The number of hydrogen-bond acceptors (Lipinski definition) is 5. The SMILES string of the molecule is CCNC(=NCC(C)CN1CCN(CC)CC1)NCCN(C)CCCOC.I. The number of guanidine groups is 1. The number of nitrogens with zero attached hydrogens (tertiary/aromatic N) is 4. The van der Waals surface area contributed by atoms with Crippen LogP contribution < -0.4 is 10.6 Å². The van der Waals surface area contributed by atoms with Crippen molar-refractivity contribution in [3.63, 3.8) is 0 Å². The summed E-state index contributed by atoms with van der Waals surface area (Å²) in [4.78, 5) is 12.2. The van der Waals surface area contributed by atoms with E-state index >= 15 is 0 Å². The predicted octanol–water partition coefficient (Wildman–Crippen LogP) is 1.40. The number of piperazine rings is 1. The summed E-state index contributed by atoms with van der Waals surface area (Å²) >= 11 is 0. The molecule has 1 unspecified atom stereocenters. The summed E-state index contributed by atoms with van der Waals surface area (Å²) in [5.41, 5.74) is 0. The lowest BCUT2D eigenvalue weighted by molar-refractivity contribution is 0.125. The molecule has 0 aromatic rings. The summed E-state index contributed by atoms with van der Waals surface area (Å²) in [6.07, 6.45) is 1.07. The lowest BCUT2D eigenvalue weighted by Gasteiger charge is -2.35. The maximum Gasteiger partial charge on any atom is 0.191 e. The topological polar surface area (TPSA) is 55.4 Å². The number of ether oxygens (including phenoxy) is 1. The maximum absolute atomic E-state index is 5.11. The van der Waals surface area contributed by atoms with Crippen LogP contribution in [0.1, 0.15) is 27.2 Å². The van der Waals surface area contributed by atoms with Gasteiger partial charge in [-0.15, -0.1) is 24.0 Å². The van der Waals surface area contributed by atoms with Crippen LogP contribution in [-0.4, -0.2) is 113 Å². The molecule has 0 aromatic heterocycles. The molecule has 1 aliphatic heterocycles. The van der Waals surface area contributed by atoms with Crippen molar-refractivity contribution in [1.29, 1.82) is 0 Å². The number of nitrogens with one attached hydrogen (secondary N) is 2. The van der Waals surface area contributed by atoms with Crippen LogP contribution in [0.4, 0.5) is 0 Å². The van der Waals surface area contributed by atoms with E-state index in [0.29, 0.717) is 5.92 Å². The smallest absolute Gasteiger partial charge is 0.191 e. The first-order valence-electron chi connectivity index (χ1n) is 10.7. The molecule has 2 N–H and O–H groups in total. The van der Waals surface area contributed by atoms with E-state index in [1.54, 1.807) is 7.11 Å². The van der Waals surface area contributed by atoms with Gasteiger partial charge in [0.15, 0.2) is 5.96 Å². The van der Waals surface area contributed by atoms with Crippen molar-refractivity contribution in [3.05, 3.63) is 0 Å². The van der Waals surface area contributed by atoms with Gasteiger partial charge in [0.05, 0.1) is 0 Å². The van der Waals surface area contributed by atoms with E-state index in [0.717, 1.165) is 58.3 Å². The fraction of sp³-hybridized carbons (Fsp3) is 0.950. The zero-order valence-corrected chi connectivity index (χ0v) is 21.2. The molecule has 0 saturated carbocycles. The molecule has 0 aromatic carbocycles. The third-order valence-electron chi connectivity index (χ3n) is 5.06. The molecule has 8 heteroatoms. The van der Waals surface area contributed by atoms with Crippen LogP contribution in [0.3, 0.4) is 0 Å². The van der Waals surface area contributed by atoms with Gasteiger partial charge in [0, 0.05) is 79.2 Å². The highest BCUT2D eigenvalue weighted by molar-refractivity contribution is 14.0. The van der Waals surface area contributed by atoms with E-state index in [1.165, 1.54) is 32.7 Å². The molecular weight excluding hydrogens is 467 g/mol. The fourth-order valence-corrected chi connectivity index (χ4v) is 3.33. The number of rotatable bonds is 13. The fourth-order valence-electron chi connectivity index (χ4n) is 3.33. The Labute approximate surface area is 190 Å². The molecule has 1 aliphatic rings. The van der Waals surface area contributed by atoms with Gasteiger partial charge in [-0.1, -0.05) is 13.8 Å². The normalized spacial score (nSPS) is 17.4. The number of hydrogen-bond donors (Lipinski definition) is 2. The Hall–Kier alpha value is -0.160. The van der Waals surface area contributed by atoms with Gasteiger partial charge in [0.1, 0.15) is 0 Å². The van der Waals surface area contributed by atoms with Crippen molar-refractivity contribution >= 4 is 29.9 Å². The summed E-state index contributed by atoms with van der Waals surface area (Å²) in [6.45, 7) is 19.3. The minimum atomic E-state index is 0. The summed E-state index contributed by atoms with van der Waals surface area (Å²) < 4.78 is 5.11. The summed E-state index contributed by atoms with van der Waals surface area (Å²) in [5.74, 6) is 1.51. The lowest BCUT2D eigenvalue weighted by Crippen LogP contribution is -2.47. The van der Waals surface area contributed by atoms with Crippen molar-refractivity contribution in [3.8, 4) is 0 Å². The molecule has 0 radical (unpaired) electrons. The summed E-state index contributed by atoms with van der Waals surface area (Å²) in [6, 6.07) is 0. The first-order valence-corrected chi connectivity index (χ1v) is 10.7. The molecule has 7 nitrogen and oxygen atoms in total. The molecule has 1 rings (SSSR count). The highest BCUT2D eigenvalue weighted by Gasteiger charge is 2.17. The molecule has 1 atom stereocenters. The molecule has 0 bridgehead atoms. The predicted molar refractivity (Wildman–Crippen MR) is 131 cm³/mol. The third-order valence-corrected chi connectivity index (χ3v) is 5.06. The first kappa shape index (κ1) is 27.8. The highest BCUT2D eigenvalue weighted by Crippen LogP contribution is 2.06. The van der Waals surface area contributed by atoms with Crippen LogP contribution in [0.2, 0.25) is 0 Å². The average molecular weight is 513 g/mol. The molecule has 1 heterocycles. The van der Waals surface area contributed by atoms with Gasteiger partial charge in [0.2, 0.25) is 0 Å². The van der Waals surface area contributed by atoms with Crippen LogP contribution >= 0.6 is 24.0 Å². The molecule has 1 fully saturated rings. The van der Waals surface area contributed by atoms with E-state index in [9.17, 15) is 0 Å². The van der Waals surface area contributed by atoms with Gasteiger partial charge in [-0.3, -0.25) is 4.99 Å². The Morgan fingerprint density at radius 2 is 1.79 bits per heavy atom. The Kier molecular flexibility index (Phi) is 17.6. The second kappa shape index (κ2) is 17.7. The first-order chi connectivity index (χ1) is 13.1. The van der Waals surface area contributed by atoms with E-state index in [1.807, 2.05) is 0 Å². The standard InChI is InChI=1S/C20H44N6O.HI/c1-6-21-20(22-9-11-24(4)10-8-16-27-5)23-17-19(3)18-26-14-12-25(7-2)13-15-26;/h19H,6-18H2,1-5H3,(H2,21,22,23);1H. The molecular formula is C20H45IN6O. The van der Waals surface area contributed by atoms with E-state index in [4.69, 9.17) is 9.73 Å². The van der Waals surface area contributed by atoms with Crippen LogP contribution in [0.15, 0.2) is 4.99 Å².